The van der Waals surface area contributed by atoms with Crippen LogP contribution in [0.5, 0.6) is 5.75 Å². The zero-order valence-electron chi connectivity index (χ0n) is 15.9. The number of benzene rings is 2. The van der Waals surface area contributed by atoms with E-state index in [4.69, 9.17) is 14.7 Å². The maximum atomic E-state index is 12.6. The van der Waals surface area contributed by atoms with E-state index >= 15 is 0 Å². The number of nitriles is 1. The first-order valence-corrected chi connectivity index (χ1v) is 9.64. The molecule has 0 bridgehead atoms. The van der Waals surface area contributed by atoms with Crippen molar-refractivity contribution in [2.24, 2.45) is 0 Å². The first-order chi connectivity index (χ1) is 14.0. The molecule has 0 atom stereocenters. The molecule has 0 fully saturated rings. The third-order valence-corrected chi connectivity index (χ3v) is 5.26. The van der Waals surface area contributed by atoms with Gasteiger partial charge in [0.15, 0.2) is 0 Å². The molecule has 1 aromatic heterocycles. The van der Waals surface area contributed by atoms with Crippen LogP contribution < -0.4 is 10.1 Å². The maximum absolute atomic E-state index is 12.6. The van der Waals surface area contributed by atoms with Crippen LogP contribution in [0.3, 0.4) is 0 Å². The van der Waals surface area contributed by atoms with Gasteiger partial charge in [-0.05, 0) is 67.1 Å². The van der Waals surface area contributed by atoms with Crippen LogP contribution in [0.15, 0.2) is 54.6 Å². The van der Waals surface area contributed by atoms with Gasteiger partial charge in [-0.15, -0.1) is 11.3 Å². The Morgan fingerprint density at radius 2 is 1.79 bits per heavy atom. The number of amides is 1. The lowest BCUT2D eigenvalue weighted by Crippen LogP contribution is -2.14. The minimum absolute atomic E-state index is 0.234. The fourth-order valence-corrected chi connectivity index (χ4v) is 3.63. The number of hydrogen-bond acceptors (Lipinski definition) is 6. The maximum Gasteiger partial charge on any atom is 0.350 e. The Labute approximate surface area is 172 Å². The first-order valence-electron chi connectivity index (χ1n) is 8.82. The molecule has 1 N–H and O–H groups in total. The van der Waals surface area contributed by atoms with Gasteiger partial charge in [-0.1, -0.05) is 0 Å². The van der Waals surface area contributed by atoms with Gasteiger partial charge in [-0.3, -0.25) is 4.79 Å². The molecule has 1 heterocycles. The molecule has 0 aliphatic rings. The van der Waals surface area contributed by atoms with E-state index < -0.39 is 5.97 Å². The number of carbonyl (C=O) groups is 2. The van der Waals surface area contributed by atoms with Gasteiger partial charge in [0.05, 0.1) is 31.0 Å². The third-order valence-electron chi connectivity index (χ3n) is 4.09. The Morgan fingerprint density at radius 3 is 2.38 bits per heavy atom. The van der Waals surface area contributed by atoms with Crippen molar-refractivity contribution in [1.29, 1.82) is 5.26 Å². The molecular formula is C22H18N2O4S. The normalized spacial score (nSPS) is 10.1. The summed E-state index contributed by atoms with van der Waals surface area (Å²) in [6.45, 7) is 1.96. The summed E-state index contributed by atoms with van der Waals surface area (Å²) in [5.41, 5.74) is 2.12. The van der Waals surface area contributed by atoms with Crippen LogP contribution in [0, 0.1) is 11.3 Å². The van der Waals surface area contributed by atoms with Crippen molar-refractivity contribution in [3.8, 4) is 22.3 Å². The molecule has 0 radical (unpaired) electrons. The number of rotatable bonds is 6. The zero-order valence-corrected chi connectivity index (χ0v) is 16.7. The average molecular weight is 406 g/mol. The summed E-state index contributed by atoms with van der Waals surface area (Å²) in [6, 6.07) is 17.4. The number of carbonyl (C=O) groups excluding carboxylic acids is 2. The Morgan fingerprint density at radius 1 is 1.10 bits per heavy atom. The minimum Gasteiger partial charge on any atom is -0.497 e. The van der Waals surface area contributed by atoms with Gasteiger partial charge in [0.1, 0.15) is 10.6 Å². The van der Waals surface area contributed by atoms with E-state index in [9.17, 15) is 9.59 Å². The SMILES string of the molecule is CCOC(=O)c1sc(-c2ccc(OC)cc2)cc1NC(=O)c1ccc(C#N)cc1. The van der Waals surface area contributed by atoms with Crippen LogP contribution in [0.25, 0.3) is 10.4 Å². The molecule has 6 nitrogen and oxygen atoms in total. The fourth-order valence-electron chi connectivity index (χ4n) is 2.62. The second kappa shape index (κ2) is 9.04. The Bertz CT molecular complexity index is 1060. The highest BCUT2D eigenvalue weighted by Crippen LogP contribution is 2.36. The summed E-state index contributed by atoms with van der Waals surface area (Å²) >= 11 is 1.24. The lowest BCUT2D eigenvalue weighted by atomic mass is 10.1. The van der Waals surface area contributed by atoms with Crippen molar-refractivity contribution in [3.63, 3.8) is 0 Å². The van der Waals surface area contributed by atoms with E-state index in [1.165, 1.54) is 11.3 Å². The summed E-state index contributed by atoms with van der Waals surface area (Å²) in [7, 11) is 1.59. The van der Waals surface area contributed by atoms with E-state index in [-0.39, 0.29) is 12.5 Å². The standard InChI is InChI=1S/C22H18N2O4S/c1-3-28-22(26)20-18(24-21(25)16-6-4-14(13-23)5-7-16)12-19(29-20)15-8-10-17(27-2)11-9-15/h4-12H,3H2,1-2H3,(H,24,25). The summed E-state index contributed by atoms with van der Waals surface area (Å²) in [5.74, 6) is -0.142. The molecule has 2 aromatic carbocycles. The lowest BCUT2D eigenvalue weighted by Gasteiger charge is -2.06. The monoisotopic (exact) mass is 406 g/mol. The average Bonchev–Trinajstić information content (AvgIpc) is 3.18. The zero-order chi connectivity index (χ0) is 20.8. The lowest BCUT2D eigenvalue weighted by molar-refractivity contribution is 0.0533. The second-order valence-electron chi connectivity index (χ2n) is 5.95. The van der Waals surface area contributed by atoms with Gasteiger partial charge in [0.2, 0.25) is 0 Å². The predicted octanol–water partition coefficient (Wildman–Crippen LogP) is 4.72. The van der Waals surface area contributed by atoms with Crippen molar-refractivity contribution < 1.29 is 19.1 Å². The molecule has 0 aliphatic heterocycles. The van der Waals surface area contributed by atoms with Crippen molar-refractivity contribution in [3.05, 3.63) is 70.6 Å². The van der Waals surface area contributed by atoms with E-state index in [1.807, 2.05) is 30.3 Å². The highest BCUT2D eigenvalue weighted by molar-refractivity contribution is 7.18. The Balaban J connectivity index is 1.92. The van der Waals surface area contributed by atoms with Crippen LogP contribution in [-0.4, -0.2) is 25.6 Å². The summed E-state index contributed by atoms with van der Waals surface area (Å²) in [5, 5.41) is 11.7. The van der Waals surface area contributed by atoms with Crippen molar-refractivity contribution >= 4 is 28.9 Å². The number of nitrogens with one attached hydrogen (secondary N) is 1. The van der Waals surface area contributed by atoms with Gasteiger partial charge in [-0.25, -0.2) is 4.79 Å². The molecule has 29 heavy (non-hydrogen) atoms. The molecule has 0 saturated heterocycles. The Kier molecular flexibility index (Phi) is 6.27. The van der Waals surface area contributed by atoms with Gasteiger partial charge < -0.3 is 14.8 Å². The topological polar surface area (TPSA) is 88.4 Å². The van der Waals surface area contributed by atoms with Crippen LogP contribution in [0.2, 0.25) is 0 Å². The summed E-state index contributed by atoms with van der Waals surface area (Å²) in [6.07, 6.45) is 0. The van der Waals surface area contributed by atoms with E-state index in [0.29, 0.717) is 21.7 Å². The number of methoxy groups -OCH3 is 1. The minimum atomic E-state index is -0.493. The van der Waals surface area contributed by atoms with Crippen molar-refractivity contribution in [1.82, 2.24) is 0 Å². The van der Waals surface area contributed by atoms with E-state index in [2.05, 4.69) is 5.32 Å². The Hall–Kier alpha value is -3.63. The quantitative estimate of drug-likeness (QED) is 0.598. The van der Waals surface area contributed by atoms with Crippen molar-refractivity contribution in [2.75, 3.05) is 19.0 Å². The van der Waals surface area contributed by atoms with Crippen LogP contribution >= 0.6 is 11.3 Å². The second-order valence-corrected chi connectivity index (χ2v) is 7.00. The van der Waals surface area contributed by atoms with Crippen molar-refractivity contribution in [2.45, 2.75) is 6.92 Å². The predicted molar refractivity (Wildman–Crippen MR) is 111 cm³/mol. The number of hydrogen-bond donors (Lipinski definition) is 1. The highest BCUT2D eigenvalue weighted by Gasteiger charge is 2.20. The number of ether oxygens (including phenoxy) is 2. The first kappa shape index (κ1) is 20.1. The number of anilines is 1. The van der Waals surface area contributed by atoms with Crippen LogP contribution in [-0.2, 0) is 4.74 Å². The third kappa shape index (κ3) is 4.62. The fraction of sp³-hybridized carbons (Fsp3) is 0.136. The molecule has 1 amide bonds. The summed E-state index contributed by atoms with van der Waals surface area (Å²) in [4.78, 5) is 26.1. The van der Waals surface area contributed by atoms with Crippen LogP contribution in [0.1, 0.15) is 32.5 Å². The molecule has 0 saturated carbocycles. The molecule has 0 unspecified atom stereocenters. The van der Waals surface area contributed by atoms with E-state index in [0.717, 1.165) is 16.2 Å². The molecule has 146 valence electrons. The number of nitrogens with zero attached hydrogens (tertiary/aromatic N) is 1. The largest absolute Gasteiger partial charge is 0.497 e. The molecule has 7 heteroatoms. The van der Waals surface area contributed by atoms with Gasteiger partial charge in [0.25, 0.3) is 5.91 Å². The molecule has 0 spiro atoms. The number of esters is 1. The number of thiophene rings is 1. The molecule has 3 rings (SSSR count). The summed E-state index contributed by atoms with van der Waals surface area (Å²) < 4.78 is 10.3. The molecular weight excluding hydrogens is 388 g/mol. The highest BCUT2D eigenvalue weighted by atomic mass is 32.1. The van der Waals surface area contributed by atoms with Gasteiger partial charge in [-0.2, -0.15) is 5.26 Å². The molecule has 0 aliphatic carbocycles. The van der Waals surface area contributed by atoms with Gasteiger partial charge >= 0.3 is 5.97 Å². The van der Waals surface area contributed by atoms with Crippen LogP contribution in [0.4, 0.5) is 5.69 Å². The van der Waals surface area contributed by atoms with Gasteiger partial charge in [0, 0.05) is 10.4 Å². The molecule has 3 aromatic rings. The van der Waals surface area contributed by atoms with E-state index in [1.54, 1.807) is 44.4 Å². The smallest absolute Gasteiger partial charge is 0.350 e.